The molecule has 45 heavy (non-hydrogen) atoms. The van der Waals surface area contributed by atoms with Crippen LogP contribution in [0.2, 0.25) is 0 Å². The second kappa shape index (κ2) is 15.3. The summed E-state index contributed by atoms with van der Waals surface area (Å²) in [5, 5.41) is 14.6. The number of imide groups is 1. The molecule has 0 bridgehead atoms. The van der Waals surface area contributed by atoms with E-state index < -0.39 is 17.8 Å². The van der Waals surface area contributed by atoms with Gasteiger partial charge in [-0.05, 0) is 68.1 Å². The fraction of sp³-hybridized carbons (Fsp3) is 0.324. The summed E-state index contributed by atoms with van der Waals surface area (Å²) in [4.78, 5) is 31.3. The highest BCUT2D eigenvalue weighted by molar-refractivity contribution is 6.01. The number of piperidine rings is 1. The van der Waals surface area contributed by atoms with Crippen molar-refractivity contribution in [2.75, 3.05) is 45.3 Å². The van der Waals surface area contributed by atoms with Crippen molar-refractivity contribution in [3.63, 3.8) is 0 Å². The van der Waals surface area contributed by atoms with Crippen LogP contribution < -0.4 is 24.8 Å². The fourth-order valence-electron chi connectivity index (χ4n) is 5.25. The molecule has 3 amide bonds. The maximum absolute atomic E-state index is 15.1. The van der Waals surface area contributed by atoms with E-state index in [9.17, 15) is 14.7 Å². The van der Waals surface area contributed by atoms with Crippen LogP contribution in [0.5, 0.6) is 23.0 Å². The number of methoxy groups -OCH3 is 1. The molecule has 0 unspecified atom stereocenters. The molecule has 0 saturated carbocycles. The number of rotatable bonds is 12. The monoisotopic (exact) mass is 616 g/mol. The Morgan fingerprint density at radius 3 is 2.53 bits per heavy atom. The first-order chi connectivity index (χ1) is 21.9. The van der Waals surface area contributed by atoms with Crippen LogP contribution in [0.1, 0.15) is 24.8 Å². The largest absolute Gasteiger partial charge is 0.493 e. The molecular weight excluding hydrogens is 579 g/mol. The molecule has 3 aromatic carbocycles. The predicted octanol–water partition coefficient (Wildman–Crippen LogP) is 5.54. The Morgan fingerprint density at radius 1 is 1.00 bits per heavy atom. The third kappa shape index (κ3) is 8.68. The molecule has 4 aromatic rings. The highest BCUT2D eigenvalue weighted by atomic mass is 19.1. The summed E-state index contributed by atoms with van der Waals surface area (Å²) in [5.41, 5.74) is 1.51. The van der Waals surface area contributed by atoms with Gasteiger partial charge in [0.1, 0.15) is 5.75 Å². The number of halogens is 1. The summed E-state index contributed by atoms with van der Waals surface area (Å²) >= 11 is 0. The highest BCUT2D eigenvalue weighted by Gasteiger charge is 2.19. The topological polar surface area (TPSA) is 122 Å². The number of hydrogen-bond acceptors (Lipinski definition) is 8. The molecule has 5 rings (SSSR count). The molecule has 2 heterocycles. The van der Waals surface area contributed by atoms with Gasteiger partial charge in [-0.3, -0.25) is 15.1 Å². The quantitative estimate of drug-likeness (QED) is 0.178. The van der Waals surface area contributed by atoms with Crippen molar-refractivity contribution in [3.05, 3.63) is 84.3 Å². The third-order valence-corrected chi connectivity index (χ3v) is 7.70. The van der Waals surface area contributed by atoms with E-state index in [0.717, 1.165) is 50.5 Å². The number of likely N-dealkylation sites (tertiary alicyclic amines) is 1. The van der Waals surface area contributed by atoms with Crippen LogP contribution in [-0.2, 0) is 11.2 Å². The van der Waals surface area contributed by atoms with Crippen molar-refractivity contribution in [2.24, 2.45) is 5.92 Å². The van der Waals surface area contributed by atoms with Crippen molar-refractivity contribution in [3.8, 4) is 23.0 Å². The molecule has 1 saturated heterocycles. The lowest BCUT2D eigenvalue weighted by molar-refractivity contribution is -0.119. The summed E-state index contributed by atoms with van der Waals surface area (Å²) in [6, 6.07) is 17.4. The molecule has 1 fully saturated rings. The van der Waals surface area contributed by atoms with E-state index in [1.807, 2.05) is 6.07 Å². The number of aliphatic hydroxyl groups excluding tert-OH is 1. The maximum atomic E-state index is 15.1. The average molecular weight is 617 g/mol. The number of urea groups is 1. The van der Waals surface area contributed by atoms with Crippen molar-refractivity contribution in [1.82, 2.24) is 15.2 Å². The smallest absolute Gasteiger partial charge is 0.325 e. The minimum Gasteiger partial charge on any atom is -0.493 e. The number of nitrogens with zero attached hydrogens (tertiary/aromatic N) is 2. The van der Waals surface area contributed by atoms with E-state index in [1.165, 1.54) is 12.1 Å². The molecule has 3 N–H and O–H groups in total. The summed E-state index contributed by atoms with van der Waals surface area (Å²) in [5.74, 6) is 0.572. The van der Waals surface area contributed by atoms with E-state index in [-0.39, 0.29) is 24.5 Å². The number of carbonyl (C=O) groups is 2. The van der Waals surface area contributed by atoms with Crippen molar-refractivity contribution in [2.45, 2.75) is 25.7 Å². The molecule has 11 heteroatoms. The zero-order valence-corrected chi connectivity index (χ0v) is 25.1. The van der Waals surface area contributed by atoms with Crippen LogP contribution in [0.3, 0.4) is 0 Å². The number of aliphatic hydroxyl groups is 1. The van der Waals surface area contributed by atoms with Gasteiger partial charge >= 0.3 is 6.03 Å². The number of ether oxygens (including phenoxy) is 3. The van der Waals surface area contributed by atoms with E-state index in [1.54, 1.807) is 55.8 Å². The van der Waals surface area contributed by atoms with E-state index in [2.05, 4.69) is 20.5 Å². The van der Waals surface area contributed by atoms with Crippen LogP contribution in [0.4, 0.5) is 14.9 Å². The van der Waals surface area contributed by atoms with Gasteiger partial charge in [-0.2, -0.15) is 0 Å². The normalized spacial score (nSPS) is 13.8. The Morgan fingerprint density at radius 2 is 1.80 bits per heavy atom. The van der Waals surface area contributed by atoms with Gasteiger partial charge in [0.25, 0.3) is 0 Å². The molecule has 10 nitrogen and oxygen atoms in total. The Labute approximate surface area is 261 Å². The first-order valence-electron chi connectivity index (χ1n) is 15.0. The molecule has 0 radical (unpaired) electrons. The lowest BCUT2D eigenvalue weighted by atomic mass is 9.98. The second-order valence-corrected chi connectivity index (χ2v) is 10.9. The van der Waals surface area contributed by atoms with Gasteiger partial charge in [0.05, 0.1) is 25.7 Å². The van der Waals surface area contributed by atoms with Crippen LogP contribution in [-0.4, -0.2) is 66.9 Å². The van der Waals surface area contributed by atoms with Crippen LogP contribution in [0.25, 0.3) is 10.9 Å². The summed E-state index contributed by atoms with van der Waals surface area (Å²) in [6.45, 7) is 3.66. The number of nitrogens with one attached hydrogen (secondary N) is 2. The number of fused-ring (bicyclic) bond motifs is 1. The van der Waals surface area contributed by atoms with E-state index >= 15 is 4.39 Å². The van der Waals surface area contributed by atoms with Gasteiger partial charge in [0, 0.05) is 42.6 Å². The summed E-state index contributed by atoms with van der Waals surface area (Å²) in [7, 11) is 1.55. The summed E-state index contributed by atoms with van der Waals surface area (Å²) in [6.07, 6.45) is 4.49. The average Bonchev–Trinajstić information content (AvgIpc) is 3.04. The Bertz CT molecular complexity index is 1610. The Balaban J connectivity index is 1.18. The van der Waals surface area contributed by atoms with Crippen molar-refractivity contribution in [1.29, 1.82) is 0 Å². The second-order valence-electron chi connectivity index (χ2n) is 10.9. The number of pyridine rings is 1. The standard InChI is InChI=1S/C34H37FN4O6/c1-43-31-20-26-28(21-32(31)44-17-5-14-39-15-11-24(22-40)12-16-39)36-13-10-29(26)45-30-9-8-25(19-27(30)35)37-34(42)38-33(41)18-23-6-3-2-4-7-23/h2-4,6-10,13,19-21,24,40H,5,11-12,14-18,22H2,1H3,(H2,37,38,41,42). The zero-order chi connectivity index (χ0) is 31.6. The number of amides is 3. The van der Waals surface area contributed by atoms with Gasteiger partial charge in [-0.15, -0.1) is 0 Å². The third-order valence-electron chi connectivity index (χ3n) is 7.70. The van der Waals surface area contributed by atoms with Crippen LogP contribution in [0.15, 0.2) is 72.9 Å². The molecule has 0 atom stereocenters. The van der Waals surface area contributed by atoms with Gasteiger partial charge in [-0.25, -0.2) is 9.18 Å². The van der Waals surface area contributed by atoms with Crippen molar-refractivity contribution >= 4 is 28.5 Å². The molecule has 1 aliphatic heterocycles. The Kier molecular flexibility index (Phi) is 10.8. The number of benzene rings is 3. The Hall–Kier alpha value is -4.74. The molecule has 1 aromatic heterocycles. The molecule has 1 aliphatic rings. The fourth-order valence-corrected chi connectivity index (χ4v) is 5.25. The van der Waals surface area contributed by atoms with Gasteiger partial charge in [0.15, 0.2) is 23.1 Å². The first kappa shape index (κ1) is 31.7. The molecular formula is C34H37FN4O6. The first-order valence-corrected chi connectivity index (χ1v) is 15.0. The number of anilines is 1. The summed E-state index contributed by atoms with van der Waals surface area (Å²) < 4.78 is 32.6. The number of hydrogen-bond donors (Lipinski definition) is 3. The van der Waals surface area contributed by atoms with Crippen LogP contribution in [0, 0.1) is 11.7 Å². The lowest BCUT2D eigenvalue weighted by Gasteiger charge is -2.30. The van der Waals surface area contributed by atoms with E-state index in [4.69, 9.17) is 14.2 Å². The van der Waals surface area contributed by atoms with Gasteiger partial charge in [-0.1, -0.05) is 30.3 Å². The van der Waals surface area contributed by atoms with Gasteiger partial charge in [0.2, 0.25) is 5.91 Å². The molecule has 0 aliphatic carbocycles. The lowest BCUT2D eigenvalue weighted by Crippen LogP contribution is -2.35. The SMILES string of the molecule is COc1cc2c(Oc3ccc(NC(=O)NC(=O)Cc4ccccc4)cc3F)ccnc2cc1OCCCN1CCC(CO)CC1. The number of carbonyl (C=O) groups excluding carboxylic acids is 2. The highest BCUT2D eigenvalue weighted by Crippen LogP contribution is 2.38. The van der Waals surface area contributed by atoms with Crippen molar-refractivity contribution < 1.29 is 33.3 Å². The van der Waals surface area contributed by atoms with Crippen LogP contribution >= 0.6 is 0 Å². The molecule has 236 valence electrons. The maximum Gasteiger partial charge on any atom is 0.325 e. The molecule has 0 spiro atoms. The minimum atomic E-state index is -0.767. The van der Waals surface area contributed by atoms with Gasteiger partial charge < -0.3 is 29.5 Å². The number of aromatic nitrogens is 1. The minimum absolute atomic E-state index is 0.0412. The zero-order valence-electron chi connectivity index (χ0n) is 25.1. The van der Waals surface area contributed by atoms with E-state index in [0.29, 0.717) is 40.7 Å². The predicted molar refractivity (Wildman–Crippen MR) is 168 cm³/mol.